The van der Waals surface area contributed by atoms with Crippen molar-refractivity contribution >= 4 is 11.3 Å². The lowest BCUT2D eigenvalue weighted by Gasteiger charge is -1.38. The Morgan fingerprint density at radius 3 is 2.80 bits per heavy atom. The molecule has 1 aromatic heterocycles. The zero-order valence-electron chi connectivity index (χ0n) is 2.64. The Morgan fingerprint density at radius 1 is 1.60 bits per heavy atom. The molecular formula is C4H3S. The molecule has 0 saturated carbocycles. The normalized spacial score (nSPS) is 8.00. The summed E-state index contributed by atoms with van der Waals surface area (Å²) >= 11 is 1.59. The summed E-state index contributed by atoms with van der Waals surface area (Å²) < 4.78 is 0. The Morgan fingerprint density at radius 2 is 2.60 bits per heavy atom. The highest BCUT2D eigenvalue weighted by molar-refractivity contribution is 7.07. The molecule has 0 N–H and O–H groups in total. The third-order valence-electron chi connectivity index (χ3n) is 0.379. The molecule has 0 fully saturated rings. The van der Waals surface area contributed by atoms with Crippen LogP contribution in [0.4, 0.5) is 0 Å². The van der Waals surface area contributed by atoms with E-state index >= 15 is 0 Å². The van der Waals surface area contributed by atoms with Gasteiger partial charge < -0.3 is 0 Å². The van der Waals surface area contributed by atoms with E-state index < -0.39 is 0 Å². The second-order valence-corrected chi connectivity index (χ2v) is 1.47. The van der Waals surface area contributed by atoms with Gasteiger partial charge in [-0.3, -0.25) is 0 Å². The standard InChI is InChI=1S/C4H3S/c1-2-4-5-3-1/h1-3H. The lowest BCUT2D eigenvalue weighted by Crippen LogP contribution is -1.17. The molecular weight excluding hydrogens is 80.1 g/mol. The fraction of sp³-hybridized carbons (Fsp3) is 0. The van der Waals surface area contributed by atoms with Crippen LogP contribution in [-0.4, -0.2) is 0 Å². The molecule has 5 heavy (non-hydrogen) atoms. The number of rotatable bonds is 0. The van der Waals surface area contributed by atoms with Gasteiger partial charge in [-0.25, -0.2) is 0 Å². The highest BCUT2D eigenvalue weighted by atomic mass is 32.1. The summed E-state index contributed by atoms with van der Waals surface area (Å²) in [5, 5.41) is 4.89. The maximum absolute atomic E-state index is 2.90. The van der Waals surface area contributed by atoms with Gasteiger partial charge in [0.2, 0.25) is 0 Å². The Kier molecular flexibility index (Phi) is 0.711. The molecule has 0 unspecified atom stereocenters. The highest BCUT2D eigenvalue weighted by Crippen LogP contribution is 1.90. The van der Waals surface area contributed by atoms with E-state index in [1.807, 2.05) is 17.5 Å². The first-order chi connectivity index (χ1) is 2.50. The van der Waals surface area contributed by atoms with Crippen molar-refractivity contribution in [1.29, 1.82) is 0 Å². The molecule has 1 aromatic rings. The maximum Gasteiger partial charge on any atom is 0.0442 e. The summed E-state index contributed by atoms with van der Waals surface area (Å²) in [7, 11) is 0. The first-order valence-corrected chi connectivity index (χ1v) is 2.27. The predicted molar refractivity (Wildman–Crippen MR) is 23.2 cm³/mol. The number of hydrogen-bond acceptors (Lipinski definition) is 1. The van der Waals surface area contributed by atoms with Crippen LogP contribution >= 0.6 is 11.3 Å². The average Bonchev–Trinajstić information content (AvgIpc) is 1.76. The van der Waals surface area contributed by atoms with Crippen molar-refractivity contribution in [2.45, 2.75) is 0 Å². The quantitative estimate of drug-likeness (QED) is 0.446. The minimum atomic E-state index is 1.59. The second-order valence-electron chi connectivity index (χ2n) is 0.731. The van der Waals surface area contributed by atoms with Crippen LogP contribution < -0.4 is 0 Å². The van der Waals surface area contributed by atoms with Gasteiger partial charge in [-0.15, -0.1) is 11.3 Å². The Balaban J connectivity index is 3.13. The lowest BCUT2D eigenvalue weighted by atomic mass is 10.7. The first kappa shape index (κ1) is 2.91. The molecule has 0 aromatic carbocycles. The lowest BCUT2D eigenvalue weighted by molar-refractivity contribution is 2.01. The molecule has 1 rings (SSSR count). The summed E-state index contributed by atoms with van der Waals surface area (Å²) in [4.78, 5) is 0. The average molecular weight is 83.1 g/mol. The SMILES string of the molecule is [c]1cccs1. The van der Waals surface area contributed by atoms with Crippen molar-refractivity contribution in [3.63, 3.8) is 0 Å². The van der Waals surface area contributed by atoms with E-state index in [4.69, 9.17) is 0 Å². The van der Waals surface area contributed by atoms with Gasteiger partial charge in [-0.05, 0) is 11.4 Å². The summed E-state index contributed by atoms with van der Waals surface area (Å²) in [6, 6.07) is 3.86. The minimum Gasteiger partial charge on any atom is -0.143 e. The Bertz CT molecular complexity index is 60.1. The summed E-state index contributed by atoms with van der Waals surface area (Å²) in [5.41, 5.74) is 0. The van der Waals surface area contributed by atoms with Crippen molar-refractivity contribution in [2.24, 2.45) is 0 Å². The van der Waals surface area contributed by atoms with Crippen LogP contribution in [0.25, 0.3) is 0 Å². The molecule has 0 aliphatic carbocycles. The molecule has 1 heterocycles. The Hall–Kier alpha value is -0.300. The zero-order valence-corrected chi connectivity index (χ0v) is 3.46. The van der Waals surface area contributed by atoms with Crippen LogP contribution in [0.3, 0.4) is 0 Å². The fourth-order valence-electron chi connectivity index (χ4n) is 0.196. The van der Waals surface area contributed by atoms with Gasteiger partial charge in [-0.2, -0.15) is 0 Å². The molecule has 0 aliphatic heterocycles. The molecule has 0 spiro atoms. The smallest absolute Gasteiger partial charge is 0.0442 e. The van der Waals surface area contributed by atoms with Gasteiger partial charge in [0.15, 0.2) is 0 Å². The second kappa shape index (κ2) is 1.22. The molecule has 0 aliphatic rings. The van der Waals surface area contributed by atoms with E-state index in [0.717, 1.165) is 0 Å². The van der Waals surface area contributed by atoms with Gasteiger partial charge in [-0.1, -0.05) is 6.07 Å². The van der Waals surface area contributed by atoms with Crippen LogP contribution in [-0.2, 0) is 0 Å². The summed E-state index contributed by atoms with van der Waals surface area (Å²) in [5.74, 6) is 0. The van der Waals surface area contributed by atoms with Crippen LogP contribution in [0, 0.1) is 5.38 Å². The van der Waals surface area contributed by atoms with E-state index in [-0.39, 0.29) is 0 Å². The van der Waals surface area contributed by atoms with Gasteiger partial charge in [0.05, 0.1) is 0 Å². The highest BCUT2D eigenvalue weighted by Gasteiger charge is 1.60. The maximum atomic E-state index is 2.90. The van der Waals surface area contributed by atoms with Crippen molar-refractivity contribution in [1.82, 2.24) is 0 Å². The molecule has 0 amide bonds. The van der Waals surface area contributed by atoms with Gasteiger partial charge in [0, 0.05) is 5.38 Å². The van der Waals surface area contributed by atoms with E-state index in [2.05, 4.69) is 5.38 Å². The van der Waals surface area contributed by atoms with Crippen LogP contribution in [0.5, 0.6) is 0 Å². The van der Waals surface area contributed by atoms with Crippen LogP contribution in [0.2, 0.25) is 0 Å². The van der Waals surface area contributed by atoms with E-state index in [9.17, 15) is 0 Å². The minimum absolute atomic E-state index is 1.59. The van der Waals surface area contributed by atoms with Gasteiger partial charge >= 0.3 is 0 Å². The largest absolute Gasteiger partial charge is 0.143 e. The molecule has 0 bridgehead atoms. The number of thiophene rings is 1. The van der Waals surface area contributed by atoms with Crippen LogP contribution in [0.1, 0.15) is 0 Å². The van der Waals surface area contributed by atoms with Crippen molar-refractivity contribution < 1.29 is 0 Å². The molecule has 1 heteroatoms. The summed E-state index contributed by atoms with van der Waals surface area (Å²) in [6.07, 6.45) is 0. The van der Waals surface area contributed by atoms with E-state index in [1.165, 1.54) is 0 Å². The molecule has 0 atom stereocenters. The summed E-state index contributed by atoms with van der Waals surface area (Å²) in [6.45, 7) is 0. The predicted octanol–water partition coefficient (Wildman–Crippen LogP) is 1.55. The van der Waals surface area contributed by atoms with E-state index in [1.54, 1.807) is 11.3 Å². The molecule has 0 saturated heterocycles. The third kappa shape index (κ3) is 0.484. The van der Waals surface area contributed by atoms with E-state index in [0.29, 0.717) is 0 Å². The Labute approximate surface area is 35.1 Å². The van der Waals surface area contributed by atoms with Crippen molar-refractivity contribution in [2.75, 3.05) is 0 Å². The van der Waals surface area contributed by atoms with Crippen LogP contribution in [0.15, 0.2) is 17.5 Å². The fourth-order valence-corrected chi connectivity index (χ4v) is 0.589. The monoisotopic (exact) mass is 83.0 g/mol. The van der Waals surface area contributed by atoms with Crippen molar-refractivity contribution in [3.05, 3.63) is 22.9 Å². The first-order valence-electron chi connectivity index (χ1n) is 1.40. The topological polar surface area (TPSA) is 0 Å². The number of hydrogen-bond donors (Lipinski definition) is 0. The van der Waals surface area contributed by atoms with Gasteiger partial charge in [0.25, 0.3) is 0 Å². The zero-order chi connectivity index (χ0) is 3.54. The van der Waals surface area contributed by atoms with Gasteiger partial charge in [0.1, 0.15) is 0 Å². The molecule has 0 nitrogen and oxygen atoms in total. The van der Waals surface area contributed by atoms with Crippen molar-refractivity contribution in [3.8, 4) is 0 Å². The third-order valence-corrected chi connectivity index (χ3v) is 0.944. The molecule has 25 valence electrons. The molecule has 1 radical (unpaired) electrons.